The number of nitrogens with one attached hydrogen (secondary N) is 1. The van der Waals surface area contributed by atoms with Crippen LogP contribution in [0.3, 0.4) is 0 Å². The van der Waals surface area contributed by atoms with Gasteiger partial charge in [0.1, 0.15) is 23.8 Å². The average Bonchev–Trinajstić information content (AvgIpc) is 3.06. The molecule has 0 aromatic heterocycles. The molecule has 0 saturated carbocycles. The van der Waals surface area contributed by atoms with Gasteiger partial charge in [-0.25, -0.2) is 9.59 Å². The fourth-order valence-corrected chi connectivity index (χ4v) is 5.57. The molecule has 3 aromatic carbocycles. The number of carboxylic acid groups (broad SMARTS) is 1. The molecule has 41 heavy (non-hydrogen) atoms. The molecule has 1 unspecified atom stereocenters. The molecule has 0 spiro atoms. The third-order valence-electron chi connectivity index (χ3n) is 7.04. The van der Waals surface area contributed by atoms with Crippen LogP contribution in [-0.2, 0) is 20.9 Å². The number of anilines is 2. The first-order valence-corrected chi connectivity index (χ1v) is 13.4. The average molecular weight is 577 g/mol. The highest BCUT2D eigenvalue weighted by Gasteiger charge is 2.45. The number of hydrogen-bond donors (Lipinski definition) is 3. The number of phenols is 1. The predicted molar refractivity (Wildman–Crippen MR) is 153 cm³/mol. The maximum absolute atomic E-state index is 13.8. The summed E-state index contributed by atoms with van der Waals surface area (Å²) in [7, 11) is 0. The van der Waals surface area contributed by atoms with Crippen molar-refractivity contribution in [1.82, 2.24) is 0 Å². The zero-order chi connectivity index (χ0) is 29.3. The molecule has 212 valence electrons. The van der Waals surface area contributed by atoms with Gasteiger partial charge in [-0.3, -0.25) is 9.69 Å². The Bertz CT molecular complexity index is 1550. The van der Waals surface area contributed by atoms with E-state index in [1.54, 1.807) is 30.3 Å². The summed E-state index contributed by atoms with van der Waals surface area (Å²) in [4.78, 5) is 39.8. The molecule has 2 aliphatic rings. The number of benzene rings is 3. The van der Waals surface area contributed by atoms with E-state index in [-0.39, 0.29) is 39.9 Å². The largest absolute Gasteiger partial charge is 0.506 e. The van der Waals surface area contributed by atoms with Gasteiger partial charge in [-0.05, 0) is 47.2 Å². The second kappa shape index (κ2) is 11.2. The zero-order valence-electron chi connectivity index (χ0n) is 22.5. The minimum Gasteiger partial charge on any atom is -0.506 e. The van der Waals surface area contributed by atoms with Crippen molar-refractivity contribution in [3.63, 3.8) is 0 Å². The van der Waals surface area contributed by atoms with E-state index in [2.05, 4.69) is 5.32 Å². The molecule has 1 aliphatic carbocycles. The number of allylic oxidation sites excluding steroid dienone is 1. The molecule has 0 bridgehead atoms. The standard InChI is InChI=1S/C31H29ClN2O7/c1-31(2)14-22-27(25(36)15-31)29(20-12-11-19(13-21(20)32)40-16-18-7-4-3-5-8-18)34(30(39)41-17-26(37)38)23-9-6-10-24(35)28(23)33-22/h3-13,29,33,35H,14-17H2,1-2H3,(H,37,38). The highest BCUT2D eigenvalue weighted by molar-refractivity contribution is 6.31. The van der Waals surface area contributed by atoms with Crippen molar-refractivity contribution in [2.24, 2.45) is 5.41 Å². The number of para-hydroxylation sites is 1. The number of hydrogen-bond acceptors (Lipinski definition) is 7. The lowest BCUT2D eigenvalue weighted by Gasteiger charge is -2.36. The number of carboxylic acids is 1. The van der Waals surface area contributed by atoms with E-state index in [1.807, 2.05) is 44.2 Å². The zero-order valence-corrected chi connectivity index (χ0v) is 23.3. The molecule has 0 radical (unpaired) electrons. The molecule has 1 aliphatic heterocycles. The maximum Gasteiger partial charge on any atom is 0.415 e. The van der Waals surface area contributed by atoms with E-state index >= 15 is 0 Å². The Labute approximate surface area is 242 Å². The Kier molecular flexibility index (Phi) is 7.64. The topological polar surface area (TPSA) is 125 Å². The van der Waals surface area contributed by atoms with Crippen LogP contribution in [0.1, 0.15) is 43.9 Å². The quantitative estimate of drug-likeness (QED) is 0.285. The lowest BCUT2D eigenvalue weighted by atomic mass is 9.73. The molecule has 5 rings (SSSR count). The summed E-state index contributed by atoms with van der Waals surface area (Å²) in [5.41, 5.74) is 2.20. The number of halogens is 1. The molecule has 3 N–H and O–H groups in total. The van der Waals surface area contributed by atoms with Gasteiger partial charge in [-0.2, -0.15) is 0 Å². The Morgan fingerprint density at radius 2 is 1.83 bits per heavy atom. The van der Waals surface area contributed by atoms with Gasteiger partial charge in [0, 0.05) is 22.7 Å². The predicted octanol–water partition coefficient (Wildman–Crippen LogP) is 6.46. The number of aliphatic carboxylic acids is 1. The molecular formula is C31H29ClN2O7. The summed E-state index contributed by atoms with van der Waals surface area (Å²) in [6.07, 6.45) is -0.357. The number of nitrogens with zero attached hydrogens (tertiary/aromatic N) is 1. The number of Topliss-reactive ketones (excluding diaryl/α,β-unsaturated/α-hetero) is 1. The van der Waals surface area contributed by atoms with Gasteiger partial charge in [-0.15, -0.1) is 0 Å². The van der Waals surface area contributed by atoms with E-state index in [4.69, 9.17) is 21.1 Å². The molecule has 1 heterocycles. The van der Waals surface area contributed by atoms with E-state index in [0.29, 0.717) is 30.0 Å². The van der Waals surface area contributed by atoms with Crippen LogP contribution in [-0.4, -0.2) is 34.7 Å². The Morgan fingerprint density at radius 1 is 1.07 bits per heavy atom. The van der Waals surface area contributed by atoms with E-state index < -0.39 is 30.1 Å². The van der Waals surface area contributed by atoms with Crippen molar-refractivity contribution in [3.8, 4) is 11.5 Å². The van der Waals surface area contributed by atoms with Gasteiger partial charge in [0.15, 0.2) is 12.4 Å². The van der Waals surface area contributed by atoms with Crippen LogP contribution in [0, 0.1) is 5.41 Å². The summed E-state index contributed by atoms with van der Waals surface area (Å²) >= 11 is 6.83. The van der Waals surface area contributed by atoms with Crippen LogP contribution >= 0.6 is 11.6 Å². The van der Waals surface area contributed by atoms with Gasteiger partial charge in [-0.1, -0.05) is 67.9 Å². The number of carbonyl (C=O) groups is 3. The van der Waals surface area contributed by atoms with Crippen molar-refractivity contribution in [2.45, 2.75) is 39.3 Å². The number of ketones is 1. The van der Waals surface area contributed by atoms with Gasteiger partial charge < -0.3 is 25.0 Å². The Balaban J connectivity index is 1.65. The van der Waals surface area contributed by atoms with Gasteiger partial charge in [0.2, 0.25) is 0 Å². The fraction of sp³-hybridized carbons (Fsp3) is 0.258. The fourth-order valence-electron chi connectivity index (χ4n) is 5.29. The van der Waals surface area contributed by atoms with Crippen molar-refractivity contribution in [3.05, 3.63) is 94.1 Å². The molecule has 1 amide bonds. The Morgan fingerprint density at radius 3 is 2.54 bits per heavy atom. The van der Waals surface area contributed by atoms with Crippen molar-refractivity contribution < 1.29 is 34.1 Å². The summed E-state index contributed by atoms with van der Waals surface area (Å²) in [6, 6.07) is 18.1. The molecular weight excluding hydrogens is 548 g/mol. The van der Waals surface area contributed by atoms with Gasteiger partial charge >= 0.3 is 12.1 Å². The third-order valence-corrected chi connectivity index (χ3v) is 7.37. The lowest BCUT2D eigenvalue weighted by molar-refractivity contribution is -0.140. The molecule has 1 atom stereocenters. The summed E-state index contributed by atoms with van der Waals surface area (Å²) in [6.45, 7) is 3.35. The van der Waals surface area contributed by atoms with Gasteiger partial charge in [0.25, 0.3) is 0 Å². The first-order valence-electron chi connectivity index (χ1n) is 13.0. The second-order valence-corrected chi connectivity index (χ2v) is 11.2. The Hall–Kier alpha value is -4.50. The van der Waals surface area contributed by atoms with Crippen molar-refractivity contribution >= 4 is 40.8 Å². The number of ether oxygens (including phenoxy) is 2. The number of rotatable bonds is 6. The second-order valence-electron chi connectivity index (χ2n) is 10.8. The van der Waals surface area contributed by atoms with E-state index in [1.165, 1.54) is 11.0 Å². The van der Waals surface area contributed by atoms with Gasteiger partial charge in [0.05, 0.1) is 11.7 Å². The van der Waals surface area contributed by atoms with Crippen molar-refractivity contribution in [2.75, 3.05) is 16.8 Å². The first kappa shape index (κ1) is 28.0. The van der Waals surface area contributed by atoms with E-state index in [0.717, 1.165) is 5.56 Å². The third kappa shape index (κ3) is 5.85. The van der Waals surface area contributed by atoms with Crippen molar-refractivity contribution in [1.29, 1.82) is 0 Å². The van der Waals surface area contributed by atoms with Crippen LogP contribution < -0.4 is 15.0 Å². The minimum atomic E-state index is -1.34. The van der Waals surface area contributed by atoms with Crippen LogP contribution in [0.15, 0.2) is 78.0 Å². The smallest absolute Gasteiger partial charge is 0.415 e. The van der Waals surface area contributed by atoms with E-state index in [9.17, 15) is 24.6 Å². The van der Waals surface area contributed by atoms with Crippen LogP contribution in [0.4, 0.5) is 16.2 Å². The molecule has 9 nitrogen and oxygen atoms in total. The number of phenolic OH excluding ortho intramolecular Hbond substituents is 1. The SMILES string of the molecule is CC1(C)CC(=O)C2=C(C1)Nc1c(O)cccc1N(C(=O)OCC(=O)O)C2c1ccc(OCc2ccccc2)cc1Cl. The highest BCUT2D eigenvalue weighted by Crippen LogP contribution is 2.51. The summed E-state index contributed by atoms with van der Waals surface area (Å²) in [5.74, 6) is -1.22. The summed E-state index contributed by atoms with van der Waals surface area (Å²) < 4.78 is 11.1. The number of aromatic hydroxyl groups is 1. The molecule has 0 saturated heterocycles. The minimum absolute atomic E-state index is 0.155. The number of amides is 1. The van der Waals surface area contributed by atoms with Crippen LogP contribution in [0.5, 0.6) is 11.5 Å². The maximum atomic E-state index is 13.8. The molecule has 3 aromatic rings. The first-order chi connectivity index (χ1) is 19.5. The highest BCUT2D eigenvalue weighted by atomic mass is 35.5. The molecule has 0 fully saturated rings. The number of fused-ring (bicyclic) bond motifs is 1. The molecule has 10 heteroatoms. The lowest BCUT2D eigenvalue weighted by Crippen LogP contribution is -2.40. The number of carbonyl (C=O) groups excluding carboxylic acids is 2. The normalized spacial score (nSPS) is 17.6. The van der Waals surface area contributed by atoms with Crippen LogP contribution in [0.2, 0.25) is 5.02 Å². The summed E-state index contributed by atoms with van der Waals surface area (Å²) in [5, 5.41) is 23.4. The van der Waals surface area contributed by atoms with Crippen LogP contribution in [0.25, 0.3) is 0 Å². The monoisotopic (exact) mass is 576 g/mol.